The zero-order valence-corrected chi connectivity index (χ0v) is 30.9. The molecule has 4 rings (SSSR count). The average molecular weight is 768 g/mol. The van der Waals surface area contributed by atoms with Crippen LogP contribution in [0, 0.1) is 0 Å². The van der Waals surface area contributed by atoms with Gasteiger partial charge in [-0.2, -0.15) is 4.98 Å². The van der Waals surface area contributed by atoms with Crippen LogP contribution in [0.5, 0.6) is 5.88 Å². The number of rotatable bonds is 18. The highest BCUT2D eigenvalue weighted by atomic mass is 35.5. The molecule has 0 N–H and O–H groups in total. The van der Waals surface area contributed by atoms with Gasteiger partial charge in [-0.15, -0.1) is 0 Å². The Hall–Kier alpha value is -3.82. The summed E-state index contributed by atoms with van der Waals surface area (Å²) in [5.41, 5.74) is 6.98. The van der Waals surface area contributed by atoms with Gasteiger partial charge in [0.05, 0.1) is 19.3 Å². The third kappa shape index (κ3) is 10.9. The molecule has 2 aliphatic heterocycles. The molecule has 2 aromatic rings. The number of unbranched alkanes of at least 4 members (excludes halogenated alkanes) is 3. The van der Waals surface area contributed by atoms with Crippen LogP contribution in [0.3, 0.4) is 0 Å². The van der Waals surface area contributed by atoms with E-state index in [1.54, 1.807) is 24.3 Å². The zero-order valence-electron chi connectivity index (χ0n) is 29.2. The first-order valence-corrected chi connectivity index (χ1v) is 19.1. The number of carbonyl (C=O) groups excluding carboxylic acids is 3. The summed E-state index contributed by atoms with van der Waals surface area (Å²) < 4.78 is 54.6. The maximum atomic E-state index is 13.9. The number of azide groups is 1. The van der Waals surface area contributed by atoms with Crippen LogP contribution < -0.4 is 10.4 Å². The minimum absolute atomic E-state index is 0.0389. The Kier molecular flexibility index (Phi) is 15.2. The third-order valence-electron chi connectivity index (χ3n) is 8.12. The summed E-state index contributed by atoms with van der Waals surface area (Å²) in [4.78, 5) is 58.6. The van der Waals surface area contributed by atoms with E-state index >= 15 is 0 Å². The Labute approximate surface area is 305 Å². The molecule has 0 unspecified atom stereocenters. The van der Waals surface area contributed by atoms with Crippen LogP contribution in [0.2, 0.25) is 5.02 Å². The first-order chi connectivity index (χ1) is 25.0. The number of nitrogens with zero attached hydrogens (tertiary/aromatic N) is 5. The smallest absolute Gasteiger partial charge is 0.455 e. The molecule has 0 radical (unpaired) electrons. The summed E-state index contributed by atoms with van der Waals surface area (Å²) in [6.45, 7) is 4.68. The van der Waals surface area contributed by atoms with Crippen molar-refractivity contribution in [2.75, 3.05) is 13.2 Å². The molecule has 17 nitrogen and oxygen atoms in total. The number of phosphoric ester groups is 1. The van der Waals surface area contributed by atoms with E-state index in [-0.39, 0.29) is 31.7 Å². The average Bonchev–Trinajstić information content (AvgIpc) is 3.39. The number of benzene rings is 1. The predicted octanol–water partition coefficient (Wildman–Crippen LogP) is 7.03. The zero-order chi connectivity index (χ0) is 37.7. The number of ether oxygens (including phenoxy) is 4. The molecule has 0 aliphatic carbocycles. The number of halogens is 1. The Bertz CT molecular complexity index is 1720. The fraction of sp³-hybridized carbons (Fsp3) is 0.606. The van der Waals surface area contributed by atoms with E-state index in [0.717, 1.165) is 11.0 Å². The lowest BCUT2D eigenvalue weighted by molar-refractivity contribution is -0.173. The molecule has 2 saturated heterocycles. The number of aromatic nitrogens is 2. The third-order valence-corrected chi connectivity index (χ3v) is 9.82. The lowest BCUT2D eigenvalue weighted by atomic mass is 10.0. The summed E-state index contributed by atoms with van der Waals surface area (Å²) in [5, 5.41) is 4.22. The highest BCUT2D eigenvalue weighted by Crippen LogP contribution is 2.58. The molecule has 1 aromatic carbocycles. The Morgan fingerprint density at radius 1 is 1.06 bits per heavy atom. The Morgan fingerprint density at radius 2 is 1.73 bits per heavy atom. The van der Waals surface area contributed by atoms with Crippen LogP contribution >= 0.6 is 19.4 Å². The Morgan fingerprint density at radius 3 is 2.37 bits per heavy atom. The molecule has 19 heteroatoms. The first kappa shape index (κ1) is 40.9. The minimum atomic E-state index is -4.42. The van der Waals surface area contributed by atoms with Crippen molar-refractivity contribution in [1.29, 1.82) is 0 Å². The van der Waals surface area contributed by atoms with Crippen LogP contribution in [0.15, 0.2) is 46.4 Å². The van der Waals surface area contributed by atoms with Gasteiger partial charge in [-0.3, -0.25) is 32.5 Å². The number of phosphoric acid groups is 1. The topological polar surface area (TPSA) is 217 Å². The molecule has 284 valence electrons. The van der Waals surface area contributed by atoms with Crippen molar-refractivity contribution in [1.82, 2.24) is 9.55 Å². The maximum Gasteiger partial charge on any atom is 0.475 e. The van der Waals surface area contributed by atoms with Crippen molar-refractivity contribution in [3.05, 3.63) is 68.0 Å². The summed E-state index contributed by atoms with van der Waals surface area (Å²) in [7, 11) is -4.42. The molecule has 0 amide bonds. The summed E-state index contributed by atoms with van der Waals surface area (Å²) in [5.74, 6) is -2.38. The quantitative estimate of drug-likeness (QED) is 0.0490. The lowest BCUT2D eigenvalue weighted by Gasteiger charge is -2.33. The second-order valence-corrected chi connectivity index (χ2v) is 14.2. The van der Waals surface area contributed by atoms with Crippen molar-refractivity contribution >= 4 is 37.3 Å². The second kappa shape index (κ2) is 19.3. The highest BCUT2D eigenvalue weighted by Gasteiger charge is 2.61. The van der Waals surface area contributed by atoms with Gasteiger partial charge in [0.15, 0.2) is 18.4 Å². The van der Waals surface area contributed by atoms with Gasteiger partial charge in [-0.1, -0.05) is 68.9 Å². The van der Waals surface area contributed by atoms with E-state index in [1.165, 1.54) is 12.3 Å². The van der Waals surface area contributed by atoms with Crippen molar-refractivity contribution in [3.8, 4) is 5.88 Å². The summed E-state index contributed by atoms with van der Waals surface area (Å²) in [6, 6.07) is 7.95. The molecule has 0 saturated carbocycles. The maximum absolute atomic E-state index is 13.9. The summed E-state index contributed by atoms with van der Waals surface area (Å²) in [6.07, 6.45) is -0.751. The SMILES string of the molecule is CCCCC(=O)Oc1ccn([C@@H]2O[C@@](CO[P@@]3(=O)OCC[C@@H](c4cccc(Cl)c4)O3)(N=[N+]=[N-])[C@@H](OC(=O)CCCC)[C@H]2OC(=O)CCCC)c(=O)n1. The van der Waals surface area contributed by atoms with Crippen molar-refractivity contribution < 1.29 is 51.5 Å². The van der Waals surface area contributed by atoms with E-state index in [1.807, 2.05) is 20.8 Å². The van der Waals surface area contributed by atoms with E-state index in [2.05, 4.69) is 15.0 Å². The van der Waals surface area contributed by atoms with E-state index in [9.17, 15) is 29.3 Å². The molecular formula is C33H43ClN5O12P. The molecule has 0 spiro atoms. The molecule has 0 bridgehead atoms. The van der Waals surface area contributed by atoms with Gasteiger partial charge in [0, 0.05) is 47.9 Å². The normalized spacial score (nSPS) is 25.5. The standard InChI is InChI=1S/C33H43ClN5O12P/c1-4-7-13-26(40)47-25-16-18-39(32(43)36-25)31-29(48-27(41)14-8-5-2)30(49-28(42)15-9-6-3)33(50-31,37-38-35)21-46-52(44)45-19-17-24(51-52)22-11-10-12-23(34)20-22/h10-12,16,18,20,24,29-31H,4-9,13-15,17,19,21H2,1-3H3/t24-,29+,30-,31+,33+,52+/m0/s1. The van der Waals surface area contributed by atoms with Crippen molar-refractivity contribution in [3.63, 3.8) is 0 Å². The number of hydrogen-bond acceptors (Lipinski definition) is 14. The van der Waals surface area contributed by atoms with Gasteiger partial charge in [0.25, 0.3) is 0 Å². The number of esters is 3. The van der Waals surface area contributed by atoms with Crippen LogP contribution in [0.1, 0.15) is 103 Å². The fourth-order valence-corrected chi connectivity index (χ4v) is 7.02. The van der Waals surface area contributed by atoms with Crippen LogP contribution in [0.4, 0.5) is 0 Å². The minimum Gasteiger partial charge on any atom is -0.455 e. The van der Waals surface area contributed by atoms with Gasteiger partial charge in [0.2, 0.25) is 11.6 Å². The van der Waals surface area contributed by atoms with Gasteiger partial charge >= 0.3 is 31.4 Å². The highest BCUT2D eigenvalue weighted by molar-refractivity contribution is 7.48. The van der Waals surface area contributed by atoms with E-state index < -0.39 is 68.3 Å². The number of carbonyl (C=O) groups is 3. The fourth-order valence-electron chi connectivity index (χ4n) is 5.42. The van der Waals surface area contributed by atoms with Crippen LogP contribution in [-0.2, 0) is 46.7 Å². The largest absolute Gasteiger partial charge is 0.475 e. The van der Waals surface area contributed by atoms with Crippen LogP contribution in [0.25, 0.3) is 10.4 Å². The lowest BCUT2D eigenvalue weighted by Crippen LogP contribution is -2.49. The van der Waals surface area contributed by atoms with Gasteiger partial charge in [-0.25, -0.2) is 9.36 Å². The first-order valence-electron chi connectivity index (χ1n) is 17.2. The van der Waals surface area contributed by atoms with Crippen LogP contribution in [-0.4, -0.2) is 58.6 Å². The van der Waals surface area contributed by atoms with Gasteiger partial charge in [-0.05, 0) is 42.5 Å². The summed E-state index contributed by atoms with van der Waals surface area (Å²) >= 11 is 6.15. The van der Waals surface area contributed by atoms with Gasteiger partial charge < -0.3 is 18.9 Å². The molecule has 2 aliphatic rings. The van der Waals surface area contributed by atoms with Crippen molar-refractivity contribution in [2.24, 2.45) is 5.11 Å². The predicted molar refractivity (Wildman–Crippen MR) is 184 cm³/mol. The molecule has 2 fully saturated rings. The van der Waals surface area contributed by atoms with E-state index in [4.69, 9.17) is 44.1 Å². The Balaban J connectivity index is 1.73. The number of hydrogen-bond donors (Lipinski definition) is 0. The van der Waals surface area contributed by atoms with Crippen molar-refractivity contribution in [2.45, 2.75) is 115 Å². The molecule has 6 atom stereocenters. The molecule has 52 heavy (non-hydrogen) atoms. The monoisotopic (exact) mass is 767 g/mol. The van der Waals surface area contributed by atoms with E-state index in [0.29, 0.717) is 49.1 Å². The van der Waals surface area contributed by atoms with Gasteiger partial charge in [0.1, 0.15) is 0 Å². The second-order valence-electron chi connectivity index (χ2n) is 12.1. The molecule has 3 heterocycles. The molecule has 1 aromatic heterocycles. The molecular weight excluding hydrogens is 725 g/mol.